The molecule has 0 aliphatic carbocycles. The topological polar surface area (TPSA) is 62.5 Å². The number of fused-ring (bicyclic) bond motifs is 1. The highest BCUT2D eigenvalue weighted by atomic mass is 16.1. The van der Waals surface area contributed by atoms with Crippen LogP contribution in [0.3, 0.4) is 0 Å². The summed E-state index contributed by atoms with van der Waals surface area (Å²) in [6, 6.07) is 12.3. The highest BCUT2D eigenvalue weighted by Gasteiger charge is 2.24. The molecule has 0 unspecified atom stereocenters. The maximum Gasteiger partial charge on any atom is 0.255 e. The van der Waals surface area contributed by atoms with E-state index in [4.69, 9.17) is 0 Å². The third-order valence-corrected chi connectivity index (χ3v) is 5.18. The Bertz CT molecular complexity index is 919. The van der Waals surface area contributed by atoms with Crippen LogP contribution in [0.4, 0.5) is 0 Å². The van der Waals surface area contributed by atoms with Crippen LogP contribution in [0.2, 0.25) is 0 Å². The maximum atomic E-state index is 12.5. The number of hydrogen-bond acceptors (Lipinski definition) is 4. The van der Waals surface area contributed by atoms with Gasteiger partial charge in [-0.2, -0.15) is 0 Å². The van der Waals surface area contributed by atoms with Gasteiger partial charge < -0.3 is 10.2 Å². The third-order valence-electron chi connectivity index (χ3n) is 5.18. The minimum absolute atomic E-state index is 0.0988. The summed E-state index contributed by atoms with van der Waals surface area (Å²) in [5, 5.41) is 10.9. The molecule has 1 aliphatic rings. The molecule has 6 nitrogen and oxygen atoms in total. The van der Waals surface area contributed by atoms with Crippen molar-refractivity contribution in [1.29, 1.82) is 0 Å². The van der Waals surface area contributed by atoms with Gasteiger partial charge >= 0.3 is 0 Å². The van der Waals surface area contributed by atoms with Gasteiger partial charge in [0.2, 0.25) is 0 Å². The predicted molar refractivity (Wildman–Crippen MR) is 100 cm³/mol. The van der Waals surface area contributed by atoms with Crippen molar-refractivity contribution in [3.63, 3.8) is 0 Å². The van der Waals surface area contributed by atoms with Crippen molar-refractivity contribution in [2.75, 3.05) is 26.2 Å². The van der Waals surface area contributed by atoms with Gasteiger partial charge in [0.25, 0.3) is 5.91 Å². The number of amides is 1. The van der Waals surface area contributed by atoms with Gasteiger partial charge in [0.05, 0.1) is 5.56 Å². The summed E-state index contributed by atoms with van der Waals surface area (Å²) in [4.78, 5) is 14.9. The molecule has 0 bridgehead atoms. The van der Waals surface area contributed by atoms with Crippen LogP contribution in [-0.4, -0.2) is 51.6 Å². The van der Waals surface area contributed by atoms with Crippen molar-refractivity contribution in [2.24, 2.45) is 0 Å². The molecule has 1 fully saturated rings. The Balaban J connectivity index is 1.31. The molecule has 3 aromatic rings. The van der Waals surface area contributed by atoms with Crippen molar-refractivity contribution in [3.8, 4) is 0 Å². The van der Waals surface area contributed by atoms with Crippen LogP contribution in [-0.2, 0) is 0 Å². The van der Waals surface area contributed by atoms with Crippen molar-refractivity contribution < 1.29 is 4.79 Å². The maximum absolute atomic E-state index is 12.5. The molecule has 4 rings (SSSR count). The minimum Gasteiger partial charge on any atom is -0.351 e. The Labute approximate surface area is 152 Å². The first-order chi connectivity index (χ1) is 12.7. The quantitative estimate of drug-likeness (QED) is 0.767. The van der Waals surface area contributed by atoms with E-state index in [1.165, 1.54) is 17.5 Å². The zero-order valence-corrected chi connectivity index (χ0v) is 14.9. The molecule has 1 N–H and O–H groups in total. The van der Waals surface area contributed by atoms with Crippen molar-refractivity contribution in [2.45, 2.75) is 19.3 Å². The Morgan fingerprint density at radius 1 is 1.27 bits per heavy atom. The molecule has 3 heterocycles. The van der Waals surface area contributed by atoms with Crippen LogP contribution in [0, 0.1) is 6.92 Å². The van der Waals surface area contributed by atoms with E-state index in [-0.39, 0.29) is 5.91 Å². The Hall–Kier alpha value is -2.73. The fourth-order valence-electron chi connectivity index (χ4n) is 3.79. The second-order valence-corrected chi connectivity index (χ2v) is 6.88. The van der Waals surface area contributed by atoms with Crippen molar-refractivity contribution in [3.05, 3.63) is 65.6 Å². The van der Waals surface area contributed by atoms with Crippen LogP contribution in [0.5, 0.6) is 0 Å². The fourth-order valence-corrected chi connectivity index (χ4v) is 3.79. The highest BCUT2D eigenvalue weighted by Crippen LogP contribution is 2.28. The van der Waals surface area contributed by atoms with E-state index in [9.17, 15) is 4.79 Å². The average Bonchev–Trinajstić information content (AvgIpc) is 3.31. The van der Waals surface area contributed by atoms with E-state index < -0.39 is 0 Å². The van der Waals surface area contributed by atoms with Gasteiger partial charge in [-0.1, -0.05) is 24.3 Å². The second kappa shape index (κ2) is 7.25. The van der Waals surface area contributed by atoms with Crippen LogP contribution in [0.1, 0.15) is 33.8 Å². The summed E-state index contributed by atoms with van der Waals surface area (Å²) >= 11 is 0. The van der Waals surface area contributed by atoms with Gasteiger partial charge in [-0.25, -0.2) is 0 Å². The summed E-state index contributed by atoms with van der Waals surface area (Å²) in [5.74, 6) is 0.495. The number of nitrogens with one attached hydrogen (secondary N) is 1. The van der Waals surface area contributed by atoms with E-state index in [0.717, 1.165) is 19.6 Å². The molecular weight excluding hydrogens is 326 g/mol. The van der Waals surface area contributed by atoms with Gasteiger partial charge in [-0.3, -0.25) is 9.20 Å². The molecule has 1 amide bonds. The lowest BCUT2D eigenvalue weighted by Gasteiger charge is -2.17. The minimum atomic E-state index is -0.0988. The zero-order chi connectivity index (χ0) is 17.9. The third kappa shape index (κ3) is 3.32. The van der Waals surface area contributed by atoms with Crippen LogP contribution in [0.15, 0.2) is 48.9 Å². The fraction of sp³-hybridized carbons (Fsp3) is 0.350. The molecule has 1 atom stereocenters. The van der Waals surface area contributed by atoms with Gasteiger partial charge in [0.1, 0.15) is 6.33 Å². The standard InChI is InChI=1S/C20H23N5O/c1-15-5-2-3-6-17(15)16-8-11-24(13-16)12-9-21-20(26)18-7-4-10-25-14-22-23-19(18)25/h2-7,10,14,16H,8-9,11-13H2,1H3,(H,21,26)/t16-/m0/s1. The molecule has 0 spiro atoms. The van der Waals surface area contributed by atoms with Crippen LogP contribution < -0.4 is 5.32 Å². The molecule has 1 aliphatic heterocycles. The number of benzene rings is 1. The molecule has 2 aromatic heterocycles. The SMILES string of the molecule is Cc1ccccc1[C@H]1CCN(CCNC(=O)c2cccn3cnnc23)C1. The van der Waals surface area contributed by atoms with E-state index in [2.05, 4.69) is 51.6 Å². The number of hydrogen-bond donors (Lipinski definition) is 1. The van der Waals surface area contributed by atoms with Gasteiger partial charge in [0, 0.05) is 25.8 Å². The zero-order valence-electron chi connectivity index (χ0n) is 14.9. The lowest BCUT2D eigenvalue weighted by atomic mass is 9.94. The van der Waals surface area contributed by atoms with Crippen molar-refractivity contribution >= 4 is 11.6 Å². The molecule has 6 heteroatoms. The normalized spacial score (nSPS) is 17.7. The Morgan fingerprint density at radius 2 is 2.15 bits per heavy atom. The number of nitrogens with zero attached hydrogens (tertiary/aromatic N) is 4. The molecule has 1 aromatic carbocycles. The summed E-state index contributed by atoms with van der Waals surface area (Å²) in [6.07, 6.45) is 4.61. The Morgan fingerprint density at radius 3 is 3.04 bits per heavy atom. The lowest BCUT2D eigenvalue weighted by Crippen LogP contribution is -2.34. The van der Waals surface area contributed by atoms with Crippen LogP contribution in [0.25, 0.3) is 5.65 Å². The number of rotatable bonds is 5. The van der Waals surface area contributed by atoms with E-state index in [0.29, 0.717) is 23.7 Å². The summed E-state index contributed by atoms with van der Waals surface area (Å²) in [6.45, 7) is 5.82. The van der Waals surface area contributed by atoms with Gasteiger partial charge in [0.15, 0.2) is 5.65 Å². The number of pyridine rings is 1. The number of aryl methyl sites for hydroxylation is 1. The summed E-state index contributed by atoms with van der Waals surface area (Å²) in [7, 11) is 0. The lowest BCUT2D eigenvalue weighted by molar-refractivity contribution is 0.0951. The van der Waals surface area contributed by atoms with E-state index >= 15 is 0 Å². The molecule has 26 heavy (non-hydrogen) atoms. The second-order valence-electron chi connectivity index (χ2n) is 6.88. The molecular formula is C20H23N5O. The first-order valence-corrected chi connectivity index (χ1v) is 9.07. The number of carbonyl (C=O) groups excluding carboxylic acids is 1. The highest BCUT2D eigenvalue weighted by molar-refractivity contribution is 5.99. The number of carbonyl (C=O) groups is 1. The monoisotopic (exact) mass is 349 g/mol. The Kier molecular flexibility index (Phi) is 4.67. The van der Waals surface area contributed by atoms with Gasteiger partial charge in [-0.05, 0) is 49.1 Å². The molecule has 1 saturated heterocycles. The van der Waals surface area contributed by atoms with E-state index in [1.807, 2.05) is 12.3 Å². The number of likely N-dealkylation sites (tertiary alicyclic amines) is 1. The first kappa shape index (κ1) is 16.7. The molecule has 134 valence electrons. The van der Waals surface area contributed by atoms with E-state index in [1.54, 1.807) is 16.8 Å². The predicted octanol–water partition coefficient (Wildman–Crippen LogP) is 2.26. The number of aromatic nitrogens is 3. The smallest absolute Gasteiger partial charge is 0.255 e. The summed E-state index contributed by atoms with van der Waals surface area (Å²) in [5.41, 5.74) is 3.97. The first-order valence-electron chi connectivity index (χ1n) is 9.07. The van der Waals surface area contributed by atoms with Gasteiger partial charge in [-0.15, -0.1) is 10.2 Å². The average molecular weight is 349 g/mol. The van der Waals surface area contributed by atoms with Crippen molar-refractivity contribution in [1.82, 2.24) is 24.8 Å². The largest absolute Gasteiger partial charge is 0.351 e. The summed E-state index contributed by atoms with van der Waals surface area (Å²) < 4.78 is 1.75. The molecule has 0 saturated carbocycles. The van der Waals surface area contributed by atoms with Crippen LogP contribution >= 0.6 is 0 Å². The molecule has 0 radical (unpaired) electrons.